The average Bonchev–Trinajstić information content (AvgIpc) is 3.47. The van der Waals surface area contributed by atoms with Crippen molar-refractivity contribution in [3.63, 3.8) is 0 Å². The molecular weight excluding hydrogens is 338 g/mol. The molecule has 2 unspecified atom stereocenters. The highest BCUT2D eigenvalue weighted by molar-refractivity contribution is 5.82. The van der Waals surface area contributed by atoms with Gasteiger partial charge in [-0.25, -0.2) is 8.78 Å². The minimum absolute atomic E-state index is 0.0738. The van der Waals surface area contributed by atoms with Crippen LogP contribution in [0.5, 0.6) is 5.75 Å². The summed E-state index contributed by atoms with van der Waals surface area (Å²) in [7, 11) is 0. The lowest BCUT2D eigenvalue weighted by Gasteiger charge is -2.14. The quantitative estimate of drug-likeness (QED) is 0.760. The maximum absolute atomic E-state index is 13.1. The maximum atomic E-state index is 13.1. The summed E-state index contributed by atoms with van der Waals surface area (Å²) >= 11 is 0. The molecule has 0 heterocycles. The standard InChI is InChI=1S/C20H22F2N2O2/c21-20(22,12-23)13-24-19(25)18-10-17(18)15-6-8-16(9-7-15)26-11-14-4-2-1-3-5-14/h1-9,17-18H,10-13,23H2,(H,24,25). The number of ether oxygens (including phenoxy) is 1. The minimum Gasteiger partial charge on any atom is -0.489 e. The predicted octanol–water partition coefficient (Wildman–Crippen LogP) is 3.08. The smallest absolute Gasteiger partial charge is 0.277 e. The molecule has 1 aliphatic carbocycles. The Labute approximate surface area is 151 Å². The first kappa shape index (κ1) is 18.3. The Bertz CT molecular complexity index is 735. The van der Waals surface area contributed by atoms with Crippen molar-refractivity contribution in [2.24, 2.45) is 11.7 Å². The van der Waals surface area contributed by atoms with Crippen LogP contribution in [-0.4, -0.2) is 24.9 Å². The van der Waals surface area contributed by atoms with E-state index in [2.05, 4.69) is 5.32 Å². The van der Waals surface area contributed by atoms with Crippen LogP contribution in [0.1, 0.15) is 23.5 Å². The van der Waals surface area contributed by atoms with Gasteiger partial charge in [-0.1, -0.05) is 42.5 Å². The van der Waals surface area contributed by atoms with Crippen LogP contribution in [0.15, 0.2) is 54.6 Å². The van der Waals surface area contributed by atoms with E-state index in [0.717, 1.165) is 16.9 Å². The van der Waals surface area contributed by atoms with Crippen molar-refractivity contribution in [1.82, 2.24) is 5.32 Å². The van der Waals surface area contributed by atoms with Gasteiger partial charge in [-0.05, 0) is 35.6 Å². The monoisotopic (exact) mass is 360 g/mol. The fourth-order valence-corrected chi connectivity index (χ4v) is 2.83. The van der Waals surface area contributed by atoms with Crippen molar-refractivity contribution in [2.45, 2.75) is 24.9 Å². The number of hydrogen-bond donors (Lipinski definition) is 2. The van der Waals surface area contributed by atoms with E-state index in [1.165, 1.54) is 0 Å². The number of nitrogens with two attached hydrogens (primary N) is 1. The first-order chi connectivity index (χ1) is 12.5. The third-order valence-electron chi connectivity index (χ3n) is 4.50. The SMILES string of the molecule is NCC(F)(F)CNC(=O)C1CC1c1ccc(OCc2ccccc2)cc1. The second-order valence-electron chi connectivity index (χ2n) is 6.57. The Kier molecular flexibility index (Phi) is 5.52. The van der Waals surface area contributed by atoms with Gasteiger partial charge in [0.1, 0.15) is 12.4 Å². The van der Waals surface area contributed by atoms with Gasteiger partial charge in [0.05, 0.1) is 13.1 Å². The number of rotatable bonds is 8. The van der Waals surface area contributed by atoms with Gasteiger partial charge in [0.25, 0.3) is 5.92 Å². The van der Waals surface area contributed by atoms with E-state index < -0.39 is 19.0 Å². The molecule has 1 fully saturated rings. The second-order valence-corrected chi connectivity index (χ2v) is 6.57. The van der Waals surface area contributed by atoms with Crippen LogP contribution < -0.4 is 15.8 Å². The van der Waals surface area contributed by atoms with Gasteiger partial charge >= 0.3 is 0 Å². The Balaban J connectivity index is 1.48. The van der Waals surface area contributed by atoms with Crippen LogP contribution >= 0.6 is 0 Å². The molecule has 26 heavy (non-hydrogen) atoms. The molecule has 2 atom stereocenters. The molecule has 0 radical (unpaired) electrons. The summed E-state index contributed by atoms with van der Waals surface area (Å²) in [4.78, 5) is 12.0. The maximum Gasteiger partial charge on any atom is 0.277 e. The number of nitrogens with one attached hydrogen (secondary N) is 1. The molecule has 0 aliphatic heterocycles. The molecule has 0 spiro atoms. The second kappa shape index (κ2) is 7.83. The Morgan fingerprint density at radius 2 is 1.85 bits per heavy atom. The lowest BCUT2D eigenvalue weighted by atomic mass is 10.1. The number of carbonyl (C=O) groups excluding carboxylic acids is 1. The Morgan fingerprint density at radius 3 is 2.50 bits per heavy atom. The molecule has 2 aromatic carbocycles. The molecule has 0 aromatic heterocycles. The van der Waals surface area contributed by atoms with Crippen molar-refractivity contribution in [2.75, 3.05) is 13.1 Å². The number of alkyl halides is 2. The van der Waals surface area contributed by atoms with E-state index in [0.29, 0.717) is 13.0 Å². The summed E-state index contributed by atoms with van der Waals surface area (Å²) in [6, 6.07) is 17.5. The zero-order valence-electron chi connectivity index (χ0n) is 14.3. The van der Waals surface area contributed by atoms with Gasteiger partial charge in [0.2, 0.25) is 5.91 Å². The van der Waals surface area contributed by atoms with E-state index in [4.69, 9.17) is 10.5 Å². The Morgan fingerprint density at radius 1 is 1.15 bits per heavy atom. The van der Waals surface area contributed by atoms with Crippen LogP contribution in [0.4, 0.5) is 8.78 Å². The minimum atomic E-state index is -3.06. The normalized spacial score (nSPS) is 19.0. The van der Waals surface area contributed by atoms with Crippen LogP contribution in [0.2, 0.25) is 0 Å². The van der Waals surface area contributed by atoms with Crippen molar-refractivity contribution in [3.8, 4) is 5.75 Å². The zero-order valence-corrected chi connectivity index (χ0v) is 14.3. The molecule has 1 aliphatic rings. The topological polar surface area (TPSA) is 64.3 Å². The molecule has 1 amide bonds. The molecule has 3 N–H and O–H groups in total. The summed E-state index contributed by atoms with van der Waals surface area (Å²) in [6.45, 7) is -0.992. The molecule has 1 saturated carbocycles. The summed E-state index contributed by atoms with van der Waals surface area (Å²) in [6.07, 6.45) is 0.671. The third kappa shape index (κ3) is 4.79. The summed E-state index contributed by atoms with van der Waals surface area (Å²) in [5, 5.41) is 2.29. The molecule has 138 valence electrons. The molecule has 4 nitrogen and oxygen atoms in total. The van der Waals surface area contributed by atoms with Crippen LogP contribution in [-0.2, 0) is 11.4 Å². The van der Waals surface area contributed by atoms with E-state index >= 15 is 0 Å². The van der Waals surface area contributed by atoms with Crippen molar-refractivity contribution in [1.29, 1.82) is 0 Å². The van der Waals surface area contributed by atoms with Gasteiger partial charge in [0.15, 0.2) is 0 Å². The molecular formula is C20H22F2N2O2. The van der Waals surface area contributed by atoms with Gasteiger partial charge in [-0.2, -0.15) is 0 Å². The molecule has 0 saturated heterocycles. The number of carbonyl (C=O) groups is 1. The molecule has 0 bridgehead atoms. The van der Waals surface area contributed by atoms with Crippen LogP contribution in [0.25, 0.3) is 0 Å². The zero-order chi connectivity index (χ0) is 18.6. The van der Waals surface area contributed by atoms with Gasteiger partial charge in [-0.3, -0.25) is 4.79 Å². The van der Waals surface area contributed by atoms with E-state index in [9.17, 15) is 13.6 Å². The predicted molar refractivity (Wildman–Crippen MR) is 95.1 cm³/mol. The summed E-state index contributed by atoms with van der Waals surface area (Å²) in [5.41, 5.74) is 7.07. The highest BCUT2D eigenvalue weighted by atomic mass is 19.3. The lowest BCUT2D eigenvalue weighted by molar-refractivity contribution is -0.124. The van der Waals surface area contributed by atoms with Gasteiger partial charge in [0, 0.05) is 5.92 Å². The van der Waals surface area contributed by atoms with Crippen molar-refractivity contribution >= 4 is 5.91 Å². The number of benzene rings is 2. The van der Waals surface area contributed by atoms with Crippen LogP contribution in [0, 0.1) is 5.92 Å². The van der Waals surface area contributed by atoms with Crippen LogP contribution in [0.3, 0.4) is 0 Å². The highest BCUT2D eigenvalue weighted by Crippen LogP contribution is 2.47. The largest absolute Gasteiger partial charge is 0.489 e. The van der Waals surface area contributed by atoms with Gasteiger partial charge < -0.3 is 15.8 Å². The molecule has 3 rings (SSSR count). The molecule has 2 aromatic rings. The number of halogens is 2. The number of amides is 1. The first-order valence-corrected chi connectivity index (χ1v) is 8.61. The van der Waals surface area contributed by atoms with Crippen molar-refractivity contribution in [3.05, 3.63) is 65.7 Å². The number of hydrogen-bond acceptors (Lipinski definition) is 3. The molecule has 6 heteroatoms. The first-order valence-electron chi connectivity index (χ1n) is 8.61. The van der Waals surface area contributed by atoms with E-state index in [1.807, 2.05) is 54.6 Å². The third-order valence-corrected chi connectivity index (χ3v) is 4.50. The fourth-order valence-electron chi connectivity index (χ4n) is 2.83. The van der Waals surface area contributed by atoms with Gasteiger partial charge in [-0.15, -0.1) is 0 Å². The average molecular weight is 360 g/mol. The fraction of sp³-hybridized carbons (Fsp3) is 0.350. The van der Waals surface area contributed by atoms with E-state index in [-0.39, 0.29) is 17.7 Å². The lowest BCUT2D eigenvalue weighted by Crippen LogP contribution is -2.42. The summed E-state index contributed by atoms with van der Waals surface area (Å²) in [5.74, 6) is -2.82. The highest BCUT2D eigenvalue weighted by Gasteiger charge is 2.44. The van der Waals surface area contributed by atoms with E-state index in [1.54, 1.807) is 0 Å². The Hall–Kier alpha value is -2.47. The summed E-state index contributed by atoms with van der Waals surface area (Å²) < 4.78 is 31.9. The van der Waals surface area contributed by atoms with Crippen molar-refractivity contribution < 1.29 is 18.3 Å².